The predicted molar refractivity (Wildman–Crippen MR) is 79.7 cm³/mol. The van der Waals surface area contributed by atoms with Crippen LogP contribution in [0.25, 0.3) is 0 Å². The van der Waals surface area contributed by atoms with Gasteiger partial charge in [0.15, 0.2) is 0 Å². The summed E-state index contributed by atoms with van der Waals surface area (Å²) >= 11 is 0. The molecule has 0 saturated heterocycles. The fourth-order valence-electron chi connectivity index (χ4n) is 4.25. The Hall–Kier alpha value is -0.0400. The number of hydrogen-bond donors (Lipinski definition) is 1. The highest BCUT2D eigenvalue weighted by atomic mass is 14.9. The normalized spacial score (nSPS) is 38.8. The first-order valence-corrected chi connectivity index (χ1v) is 8.44. The van der Waals surface area contributed by atoms with E-state index in [4.69, 9.17) is 0 Å². The summed E-state index contributed by atoms with van der Waals surface area (Å²) in [5.41, 5.74) is 0. The molecule has 0 aromatic heterocycles. The predicted octanol–water partition coefficient (Wildman–Crippen LogP) is 4.62. The molecule has 2 aliphatic carbocycles. The van der Waals surface area contributed by atoms with Gasteiger partial charge in [-0.15, -0.1) is 0 Å². The maximum Gasteiger partial charge on any atom is 0.0124 e. The van der Waals surface area contributed by atoms with E-state index in [1.54, 1.807) is 0 Å². The Kier molecular flexibility index (Phi) is 5.54. The van der Waals surface area contributed by atoms with E-state index in [9.17, 15) is 0 Å². The van der Waals surface area contributed by atoms with Gasteiger partial charge in [-0.1, -0.05) is 40.0 Å². The van der Waals surface area contributed by atoms with Gasteiger partial charge in [0.2, 0.25) is 0 Å². The Morgan fingerprint density at radius 2 is 1.50 bits per heavy atom. The van der Waals surface area contributed by atoms with Crippen molar-refractivity contribution in [2.45, 2.75) is 78.2 Å². The molecule has 1 N–H and O–H groups in total. The van der Waals surface area contributed by atoms with Crippen molar-refractivity contribution in [3.8, 4) is 0 Å². The second-order valence-corrected chi connectivity index (χ2v) is 7.18. The van der Waals surface area contributed by atoms with Crippen molar-refractivity contribution in [1.29, 1.82) is 0 Å². The SMILES string of the molecule is CCCNC(C1CCC(C)CC1)C1CCC(C)C1. The summed E-state index contributed by atoms with van der Waals surface area (Å²) in [6, 6.07) is 0.836. The summed E-state index contributed by atoms with van der Waals surface area (Å²) in [6.45, 7) is 8.40. The summed E-state index contributed by atoms with van der Waals surface area (Å²) in [7, 11) is 0. The van der Waals surface area contributed by atoms with E-state index in [1.807, 2.05) is 0 Å². The molecule has 1 nitrogen and oxygen atoms in total. The van der Waals surface area contributed by atoms with E-state index in [1.165, 1.54) is 57.9 Å². The molecule has 0 heterocycles. The Bertz CT molecular complexity index is 230. The molecule has 2 rings (SSSR count). The first-order valence-electron chi connectivity index (χ1n) is 8.44. The molecular weight excluding hydrogens is 218 g/mol. The minimum Gasteiger partial charge on any atom is -0.313 e. The fourth-order valence-corrected chi connectivity index (χ4v) is 4.25. The molecule has 0 bridgehead atoms. The molecule has 0 aromatic carbocycles. The van der Waals surface area contributed by atoms with Gasteiger partial charge in [-0.25, -0.2) is 0 Å². The van der Waals surface area contributed by atoms with Crippen LogP contribution in [0, 0.1) is 23.7 Å². The van der Waals surface area contributed by atoms with Crippen LogP contribution < -0.4 is 5.32 Å². The summed E-state index contributed by atoms with van der Waals surface area (Å²) in [5.74, 6) is 3.91. The van der Waals surface area contributed by atoms with Gasteiger partial charge in [0.05, 0.1) is 0 Å². The van der Waals surface area contributed by atoms with Gasteiger partial charge in [-0.05, 0) is 62.3 Å². The summed E-state index contributed by atoms with van der Waals surface area (Å²) in [4.78, 5) is 0. The van der Waals surface area contributed by atoms with Crippen LogP contribution in [0.15, 0.2) is 0 Å². The Balaban J connectivity index is 1.91. The number of hydrogen-bond acceptors (Lipinski definition) is 1. The van der Waals surface area contributed by atoms with E-state index in [0.29, 0.717) is 0 Å². The maximum absolute atomic E-state index is 3.92. The molecule has 0 aromatic rings. The Labute approximate surface area is 114 Å². The van der Waals surface area contributed by atoms with Crippen LogP contribution in [0.3, 0.4) is 0 Å². The van der Waals surface area contributed by atoms with Crippen LogP contribution >= 0.6 is 0 Å². The molecule has 3 unspecified atom stereocenters. The van der Waals surface area contributed by atoms with Crippen LogP contribution in [0.5, 0.6) is 0 Å². The third-order valence-electron chi connectivity index (χ3n) is 5.44. The van der Waals surface area contributed by atoms with Crippen molar-refractivity contribution in [1.82, 2.24) is 5.32 Å². The number of nitrogens with one attached hydrogen (secondary N) is 1. The van der Waals surface area contributed by atoms with Crippen molar-refractivity contribution >= 4 is 0 Å². The van der Waals surface area contributed by atoms with Crippen LogP contribution in [-0.2, 0) is 0 Å². The molecular formula is C17H33N. The van der Waals surface area contributed by atoms with Crippen LogP contribution in [0.2, 0.25) is 0 Å². The molecule has 18 heavy (non-hydrogen) atoms. The first-order chi connectivity index (χ1) is 8.70. The zero-order valence-corrected chi connectivity index (χ0v) is 12.8. The molecule has 2 aliphatic rings. The molecule has 0 aliphatic heterocycles. The standard InChI is InChI=1S/C17H33N/c1-4-11-18-17(16-10-7-14(3)12-16)15-8-5-13(2)6-9-15/h13-18H,4-12H2,1-3H3. The average molecular weight is 251 g/mol. The first kappa shape index (κ1) is 14.4. The van der Waals surface area contributed by atoms with Gasteiger partial charge in [-0.3, -0.25) is 0 Å². The van der Waals surface area contributed by atoms with Gasteiger partial charge in [0, 0.05) is 6.04 Å². The lowest BCUT2D eigenvalue weighted by molar-refractivity contribution is 0.182. The average Bonchev–Trinajstić information content (AvgIpc) is 2.78. The smallest absolute Gasteiger partial charge is 0.0124 e. The molecule has 1 heteroatoms. The lowest BCUT2D eigenvalue weighted by Crippen LogP contribution is -2.43. The van der Waals surface area contributed by atoms with E-state index in [2.05, 4.69) is 26.1 Å². The van der Waals surface area contributed by atoms with Gasteiger partial charge < -0.3 is 5.32 Å². The second kappa shape index (κ2) is 6.93. The minimum atomic E-state index is 0.836. The lowest BCUT2D eigenvalue weighted by Gasteiger charge is -2.37. The van der Waals surface area contributed by atoms with Crippen LogP contribution in [0.1, 0.15) is 72.1 Å². The van der Waals surface area contributed by atoms with E-state index in [-0.39, 0.29) is 0 Å². The van der Waals surface area contributed by atoms with E-state index < -0.39 is 0 Å². The van der Waals surface area contributed by atoms with Gasteiger partial charge in [-0.2, -0.15) is 0 Å². The molecule has 0 radical (unpaired) electrons. The van der Waals surface area contributed by atoms with E-state index >= 15 is 0 Å². The summed E-state index contributed by atoms with van der Waals surface area (Å²) < 4.78 is 0. The summed E-state index contributed by atoms with van der Waals surface area (Å²) in [6.07, 6.45) is 11.6. The molecule has 106 valence electrons. The molecule has 2 saturated carbocycles. The Morgan fingerprint density at radius 3 is 2.06 bits per heavy atom. The van der Waals surface area contributed by atoms with Crippen molar-refractivity contribution in [3.05, 3.63) is 0 Å². The van der Waals surface area contributed by atoms with Gasteiger partial charge in [0.1, 0.15) is 0 Å². The van der Waals surface area contributed by atoms with Crippen molar-refractivity contribution in [2.75, 3.05) is 6.54 Å². The van der Waals surface area contributed by atoms with Gasteiger partial charge >= 0.3 is 0 Å². The molecule has 3 atom stereocenters. The maximum atomic E-state index is 3.92. The van der Waals surface area contributed by atoms with E-state index in [0.717, 1.165) is 29.7 Å². The monoisotopic (exact) mass is 251 g/mol. The highest BCUT2D eigenvalue weighted by Crippen LogP contribution is 2.39. The topological polar surface area (TPSA) is 12.0 Å². The molecule has 0 spiro atoms. The summed E-state index contributed by atoms with van der Waals surface area (Å²) in [5, 5.41) is 3.92. The largest absolute Gasteiger partial charge is 0.313 e. The van der Waals surface area contributed by atoms with Crippen LogP contribution in [-0.4, -0.2) is 12.6 Å². The third kappa shape index (κ3) is 3.73. The van der Waals surface area contributed by atoms with Crippen LogP contribution in [0.4, 0.5) is 0 Å². The quantitative estimate of drug-likeness (QED) is 0.752. The number of rotatable bonds is 5. The second-order valence-electron chi connectivity index (χ2n) is 7.18. The van der Waals surface area contributed by atoms with Crippen molar-refractivity contribution in [2.24, 2.45) is 23.7 Å². The van der Waals surface area contributed by atoms with Crippen molar-refractivity contribution < 1.29 is 0 Å². The minimum absolute atomic E-state index is 0.836. The third-order valence-corrected chi connectivity index (χ3v) is 5.44. The van der Waals surface area contributed by atoms with Crippen molar-refractivity contribution in [3.63, 3.8) is 0 Å². The highest BCUT2D eigenvalue weighted by Gasteiger charge is 2.34. The zero-order chi connectivity index (χ0) is 13.0. The Morgan fingerprint density at radius 1 is 0.889 bits per heavy atom. The molecule has 2 fully saturated rings. The highest BCUT2D eigenvalue weighted by molar-refractivity contribution is 4.89. The fraction of sp³-hybridized carbons (Fsp3) is 1.00. The zero-order valence-electron chi connectivity index (χ0n) is 12.8. The van der Waals surface area contributed by atoms with Gasteiger partial charge in [0.25, 0.3) is 0 Å². The lowest BCUT2D eigenvalue weighted by atomic mass is 9.75. The molecule has 0 amide bonds.